The normalized spacial score (nSPS) is 17.2. The minimum atomic E-state index is -0.510. The van der Waals surface area contributed by atoms with Gasteiger partial charge in [-0.15, -0.1) is 5.10 Å². The molecule has 0 saturated carbocycles. The second-order valence-corrected chi connectivity index (χ2v) is 6.99. The Balaban J connectivity index is 1.96. The molecule has 0 saturated heterocycles. The van der Waals surface area contributed by atoms with Crippen LogP contribution in [-0.2, 0) is 6.54 Å². The molecule has 0 aliphatic carbocycles. The molecule has 0 amide bonds. The quantitative estimate of drug-likeness (QED) is 0.682. The van der Waals surface area contributed by atoms with Gasteiger partial charge in [-0.3, -0.25) is 0 Å². The molecule has 1 aliphatic rings. The van der Waals surface area contributed by atoms with E-state index in [2.05, 4.69) is 54.0 Å². The lowest BCUT2D eigenvalue weighted by Gasteiger charge is -2.27. The number of hydrogen-bond donors (Lipinski definition) is 1. The maximum Gasteiger partial charge on any atom is 0.173 e. The summed E-state index contributed by atoms with van der Waals surface area (Å²) < 4.78 is 1.83. The van der Waals surface area contributed by atoms with E-state index in [0.717, 1.165) is 22.8 Å². The number of aliphatic imine (C=N–C) groups is 1. The lowest BCUT2D eigenvalue weighted by Crippen LogP contribution is -2.32. The molecule has 120 valence electrons. The van der Waals surface area contributed by atoms with Crippen LogP contribution in [0.15, 0.2) is 35.8 Å². The van der Waals surface area contributed by atoms with E-state index in [0.29, 0.717) is 12.2 Å². The van der Waals surface area contributed by atoms with Crippen LogP contribution in [0.3, 0.4) is 0 Å². The van der Waals surface area contributed by atoms with Crippen molar-refractivity contribution >= 4 is 29.3 Å². The summed E-state index contributed by atoms with van der Waals surface area (Å²) in [6, 6.07) is 8.09. The Morgan fingerprint density at radius 3 is 2.78 bits per heavy atom. The number of halogens is 1. The monoisotopic (exact) mass is 329 g/mol. The van der Waals surface area contributed by atoms with Crippen LogP contribution in [0.2, 0.25) is 0 Å². The summed E-state index contributed by atoms with van der Waals surface area (Å²) in [7, 11) is 0. The third-order valence-corrected chi connectivity index (χ3v) is 4.08. The highest BCUT2D eigenvalue weighted by atomic mass is 35.5. The third-order valence-electron chi connectivity index (χ3n) is 3.77. The second-order valence-electron chi connectivity index (χ2n) is 6.57. The van der Waals surface area contributed by atoms with Gasteiger partial charge in [0.25, 0.3) is 0 Å². The van der Waals surface area contributed by atoms with E-state index >= 15 is 0 Å². The molecule has 1 N–H and O–H groups in total. The van der Waals surface area contributed by atoms with E-state index in [-0.39, 0.29) is 5.41 Å². The van der Waals surface area contributed by atoms with Gasteiger partial charge < -0.3 is 5.32 Å². The molecule has 0 radical (unpaired) electrons. The maximum absolute atomic E-state index is 6.36. The zero-order chi connectivity index (χ0) is 16.6. The largest absolute Gasteiger partial charge is 0.327 e. The predicted molar refractivity (Wildman–Crippen MR) is 94.8 cm³/mol. The zero-order valence-corrected chi connectivity index (χ0v) is 14.3. The Hall–Kier alpha value is -2.14. The van der Waals surface area contributed by atoms with E-state index in [9.17, 15) is 0 Å². The number of hydrogen-bond acceptors (Lipinski definition) is 4. The van der Waals surface area contributed by atoms with E-state index in [4.69, 9.17) is 11.6 Å². The van der Waals surface area contributed by atoms with Gasteiger partial charge in [0.2, 0.25) is 0 Å². The molecule has 1 unspecified atom stereocenters. The Morgan fingerprint density at radius 2 is 2.09 bits per heavy atom. The highest BCUT2D eigenvalue weighted by Crippen LogP contribution is 2.34. The summed E-state index contributed by atoms with van der Waals surface area (Å²) in [5.41, 5.74) is 2.24. The van der Waals surface area contributed by atoms with Crippen LogP contribution in [0.4, 0.5) is 5.82 Å². The first-order valence-corrected chi connectivity index (χ1v) is 7.97. The van der Waals surface area contributed by atoms with E-state index in [1.54, 1.807) is 0 Å². The molecule has 1 aromatic heterocycles. The summed E-state index contributed by atoms with van der Waals surface area (Å²) in [5.74, 6) is 1.65. The van der Waals surface area contributed by atoms with Crippen LogP contribution in [0.25, 0.3) is 6.08 Å². The van der Waals surface area contributed by atoms with Gasteiger partial charge in [-0.05, 0) is 11.1 Å². The highest BCUT2D eigenvalue weighted by Gasteiger charge is 2.31. The molecule has 0 fully saturated rings. The van der Waals surface area contributed by atoms with Crippen molar-refractivity contribution in [1.82, 2.24) is 15.0 Å². The molecule has 2 aromatic rings. The summed E-state index contributed by atoms with van der Waals surface area (Å²) in [4.78, 5) is 4.49. The fourth-order valence-corrected chi connectivity index (χ4v) is 2.71. The topological polar surface area (TPSA) is 55.1 Å². The van der Waals surface area contributed by atoms with Crippen LogP contribution in [0.1, 0.15) is 43.1 Å². The molecule has 0 bridgehead atoms. The predicted octanol–water partition coefficient (Wildman–Crippen LogP) is 4.08. The first kappa shape index (κ1) is 15.7. The van der Waals surface area contributed by atoms with E-state index in [1.807, 2.05) is 29.0 Å². The third kappa shape index (κ3) is 3.01. The number of nitrogens with zero attached hydrogens (tertiary/aromatic N) is 4. The van der Waals surface area contributed by atoms with E-state index < -0.39 is 5.50 Å². The zero-order valence-electron chi connectivity index (χ0n) is 13.5. The molecule has 1 aromatic carbocycles. The van der Waals surface area contributed by atoms with Crippen molar-refractivity contribution in [2.24, 2.45) is 10.4 Å². The summed E-state index contributed by atoms with van der Waals surface area (Å²) in [5, 5.41) is 11.8. The number of rotatable bonds is 3. The van der Waals surface area contributed by atoms with Crippen molar-refractivity contribution in [1.29, 1.82) is 0 Å². The minimum absolute atomic E-state index is 0.126. The molecule has 1 atom stereocenters. The molecule has 23 heavy (non-hydrogen) atoms. The van der Waals surface area contributed by atoms with Crippen molar-refractivity contribution in [2.75, 3.05) is 5.32 Å². The number of aromatic nitrogens is 3. The van der Waals surface area contributed by atoms with Crippen LogP contribution in [-0.4, -0.2) is 20.8 Å². The minimum Gasteiger partial charge on any atom is -0.327 e. The number of amidine groups is 1. The van der Waals surface area contributed by atoms with Crippen LogP contribution >= 0.6 is 11.6 Å². The molecule has 5 nitrogen and oxygen atoms in total. The Labute approximate surface area is 141 Å². The highest BCUT2D eigenvalue weighted by molar-refractivity contribution is 6.22. The lowest BCUT2D eigenvalue weighted by atomic mass is 9.94. The summed E-state index contributed by atoms with van der Waals surface area (Å²) in [6.45, 7) is 10.7. The number of nitrogens with one attached hydrogen (secondary N) is 1. The standard InChI is InChI=1S/C17H20ClN5/c1-5-11-8-6-7-9-12(11)10-23-15-13(21-22-23)14(18)19-16(20-15)17(2,3)4/h5-9,14H,1,10H2,2-4H3,(H,19,20). The Kier molecular flexibility index (Phi) is 3.98. The molecular weight excluding hydrogens is 310 g/mol. The van der Waals surface area contributed by atoms with Gasteiger partial charge >= 0.3 is 0 Å². The van der Waals surface area contributed by atoms with Crippen LogP contribution in [0, 0.1) is 5.41 Å². The fourth-order valence-electron chi connectivity index (χ4n) is 2.46. The van der Waals surface area contributed by atoms with Gasteiger partial charge in [-0.25, -0.2) is 9.67 Å². The average molecular weight is 330 g/mol. The van der Waals surface area contributed by atoms with Crippen molar-refractivity contribution in [2.45, 2.75) is 32.8 Å². The number of benzene rings is 1. The molecule has 1 aliphatic heterocycles. The molecule has 6 heteroatoms. The second kappa shape index (κ2) is 5.81. The Bertz CT molecular complexity index is 770. The van der Waals surface area contributed by atoms with Gasteiger partial charge in [0.1, 0.15) is 11.5 Å². The van der Waals surface area contributed by atoms with Crippen LogP contribution in [0.5, 0.6) is 0 Å². The first-order valence-electron chi connectivity index (χ1n) is 7.53. The number of anilines is 1. The van der Waals surface area contributed by atoms with Crippen LogP contribution < -0.4 is 5.32 Å². The average Bonchev–Trinajstić information content (AvgIpc) is 2.91. The van der Waals surface area contributed by atoms with Crippen molar-refractivity contribution < 1.29 is 0 Å². The smallest absolute Gasteiger partial charge is 0.173 e. The fraction of sp³-hybridized carbons (Fsp3) is 0.353. The summed E-state index contributed by atoms with van der Waals surface area (Å²) >= 11 is 6.36. The number of fused-ring (bicyclic) bond motifs is 1. The maximum atomic E-state index is 6.36. The van der Waals surface area contributed by atoms with E-state index in [1.165, 1.54) is 0 Å². The molecule has 2 heterocycles. The molecule has 3 rings (SSSR count). The Morgan fingerprint density at radius 1 is 1.35 bits per heavy atom. The molecule has 0 spiro atoms. The van der Waals surface area contributed by atoms with Gasteiger partial charge in [0, 0.05) is 5.41 Å². The molecular formula is C17H20ClN5. The van der Waals surface area contributed by atoms with Crippen molar-refractivity contribution in [3.05, 3.63) is 47.7 Å². The van der Waals surface area contributed by atoms with Gasteiger partial charge in [0.15, 0.2) is 11.3 Å². The van der Waals surface area contributed by atoms with Crippen molar-refractivity contribution in [3.63, 3.8) is 0 Å². The SMILES string of the molecule is C=Cc1ccccc1Cn1nnc2c1NC(C(C)(C)C)=NC2Cl. The number of alkyl halides is 1. The van der Waals surface area contributed by atoms with Gasteiger partial charge in [-0.1, -0.05) is 74.5 Å². The van der Waals surface area contributed by atoms with Gasteiger partial charge in [0.05, 0.1) is 6.54 Å². The first-order chi connectivity index (χ1) is 10.9. The summed E-state index contributed by atoms with van der Waals surface area (Å²) in [6.07, 6.45) is 1.85. The van der Waals surface area contributed by atoms with Crippen molar-refractivity contribution in [3.8, 4) is 0 Å². The van der Waals surface area contributed by atoms with Gasteiger partial charge in [-0.2, -0.15) is 0 Å². The lowest BCUT2D eigenvalue weighted by molar-refractivity contribution is 0.581.